The highest BCUT2D eigenvalue weighted by atomic mass is 19.2. The van der Waals surface area contributed by atoms with Crippen molar-refractivity contribution in [1.82, 2.24) is 14.5 Å². The highest BCUT2D eigenvalue weighted by molar-refractivity contribution is 5.82. The number of nitrogens with two attached hydrogens (primary N) is 1. The van der Waals surface area contributed by atoms with Gasteiger partial charge in [0.05, 0.1) is 36.1 Å². The van der Waals surface area contributed by atoms with Crippen LogP contribution in [0.1, 0.15) is 29.9 Å². The topological polar surface area (TPSA) is 115 Å². The molecule has 7 nitrogen and oxygen atoms in total. The maximum Gasteiger partial charge on any atom is 0.255 e. The molecule has 0 aliphatic carbocycles. The molecule has 0 saturated carbocycles. The lowest BCUT2D eigenvalue weighted by atomic mass is 10.1. The quantitative estimate of drug-likeness (QED) is 0.750. The SMILES string of the molecule is C[C@@H](c1cnc(C#N)cn1)n1c(=O)c(CC(N)=O)cc2cc(F)c(F)cc21. The first-order valence-electron chi connectivity index (χ1n) is 7.85. The first-order valence-corrected chi connectivity index (χ1v) is 7.85. The van der Waals surface area contributed by atoms with Crippen LogP contribution in [0.25, 0.3) is 10.9 Å². The summed E-state index contributed by atoms with van der Waals surface area (Å²) in [5.74, 6) is -2.92. The van der Waals surface area contributed by atoms with Gasteiger partial charge in [0.15, 0.2) is 17.3 Å². The maximum absolute atomic E-state index is 13.8. The average Bonchev–Trinajstić information content (AvgIpc) is 2.63. The molecule has 0 unspecified atom stereocenters. The van der Waals surface area contributed by atoms with Crippen LogP contribution in [0.5, 0.6) is 0 Å². The van der Waals surface area contributed by atoms with Crippen LogP contribution in [0.4, 0.5) is 8.78 Å². The molecule has 9 heteroatoms. The van der Waals surface area contributed by atoms with E-state index in [2.05, 4.69) is 9.97 Å². The summed E-state index contributed by atoms with van der Waals surface area (Å²) in [4.78, 5) is 32.2. The van der Waals surface area contributed by atoms with Crippen molar-refractivity contribution in [3.05, 3.63) is 69.5 Å². The Kier molecular flexibility index (Phi) is 4.64. The van der Waals surface area contributed by atoms with E-state index in [9.17, 15) is 18.4 Å². The number of benzene rings is 1. The molecular formula is C18H13F2N5O2. The van der Waals surface area contributed by atoms with Gasteiger partial charge in [-0.2, -0.15) is 5.26 Å². The van der Waals surface area contributed by atoms with Crippen molar-refractivity contribution in [1.29, 1.82) is 5.26 Å². The third kappa shape index (κ3) is 3.37. The van der Waals surface area contributed by atoms with Crippen molar-refractivity contribution in [2.75, 3.05) is 0 Å². The predicted octanol–water partition coefficient (Wildman–Crippen LogP) is 1.58. The zero-order valence-corrected chi connectivity index (χ0v) is 14.1. The molecule has 3 aromatic rings. The van der Waals surface area contributed by atoms with E-state index in [1.165, 1.54) is 23.0 Å². The molecule has 136 valence electrons. The highest BCUT2D eigenvalue weighted by Gasteiger charge is 2.20. The zero-order valence-electron chi connectivity index (χ0n) is 14.1. The minimum absolute atomic E-state index is 0.0504. The Morgan fingerprint density at radius 2 is 1.96 bits per heavy atom. The Balaban J connectivity index is 2.29. The molecule has 1 atom stereocenters. The lowest BCUT2D eigenvalue weighted by molar-refractivity contribution is -0.117. The fourth-order valence-electron chi connectivity index (χ4n) is 2.83. The minimum Gasteiger partial charge on any atom is -0.369 e. The monoisotopic (exact) mass is 369 g/mol. The van der Waals surface area contributed by atoms with Gasteiger partial charge in [-0.15, -0.1) is 0 Å². The van der Waals surface area contributed by atoms with Crippen molar-refractivity contribution >= 4 is 16.8 Å². The molecule has 2 heterocycles. The fourth-order valence-corrected chi connectivity index (χ4v) is 2.83. The number of hydrogen-bond acceptors (Lipinski definition) is 5. The molecule has 0 radical (unpaired) electrons. The summed E-state index contributed by atoms with van der Waals surface area (Å²) in [7, 11) is 0. The van der Waals surface area contributed by atoms with Gasteiger partial charge in [-0.1, -0.05) is 0 Å². The second-order valence-electron chi connectivity index (χ2n) is 5.93. The number of primary amides is 1. The second-order valence-corrected chi connectivity index (χ2v) is 5.93. The van der Waals surface area contributed by atoms with Crippen LogP contribution < -0.4 is 11.3 Å². The Labute approximate surface area is 151 Å². The summed E-state index contributed by atoms with van der Waals surface area (Å²) in [5, 5.41) is 9.05. The van der Waals surface area contributed by atoms with E-state index < -0.39 is 29.1 Å². The zero-order chi connectivity index (χ0) is 19.7. The van der Waals surface area contributed by atoms with Crippen LogP contribution in [0, 0.1) is 23.0 Å². The van der Waals surface area contributed by atoms with Gasteiger partial charge in [0.25, 0.3) is 5.56 Å². The van der Waals surface area contributed by atoms with E-state index in [1.807, 2.05) is 6.07 Å². The average molecular weight is 369 g/mol. The summed E-state index contributed by atoms with van der Waals surface area (Å²) in [6.07, 6.45) is 2.22. The molecule has 0 aliphatic rings. The first kappa shape index (κ1) is 18.1. The number of amides is 1. The second kappa shape index (κ2) is 6.92. The van der Waals surface area contributed by atoms with Crippen molar-refractivity contribution in [2.45, 2.75) is 19.4 Å². The third-order valence-corrected chi connectivity index (χ3v) is 4.12. The van der Waals surface area contributed by atoms with Crippen LogP contribution in [-0.4, -0.2) is 20.4 Å². The number of aromatic nitrogens is 3. The lowest BCUT2D eigenvalue weighted by Gasteiger charge is -2.19. The number of carbonyl (C=O) groups is 1. The van der Waals surface area contributed by atoms with Crippen molar-refractivity contribution in [3.63, 3.8) is 0 Å². The van der Waals surface area contributed by atoms with Gasteiger partial charge in [-0.3, -0.25) is 19.1 Å². The molecule has 0 fully saturated rings. The molecular weight excluding hydrogens is 356 g/mol. The van der Waals surface area contributed by atoms with E-state index in [0.29, 0.717) is 5.69 Å². The van der Waals surface area contributed by atoms with Gasteiger partial charge >= 0.3 is 0 Å². The van der Waals surface area contributed by atoms with Gasteiger partial charge in [0, 0.05) is 17.0 Å². The van der Waals surface area contributed by atoms with Crippen LogP contribution in [0.2, 0.25) is 0 Å². The Hall–Kier alpha value is -3.67. The number of rotatable bonds is 4. The number of nitriles is 1. The normalized spacial score (nSPS) is 11.9. The Bertz CT molecular complexity index is 1150. The van der Waals surface area contributed by atoms with Crippen LogP contribution in [0.15, 0.2) is 35.4 Å². The largest absolute Gasteiger partial charge is 0.369 e. The van der Waals surface area contributed by atoms with Crippen molar-refractivity contribution < 1.29 is 13.6 Å². The summed E-state index contributed by atoms with van der Waals surface area (Å²) in [6.45, 7) is 1.62. The predicted molar refractivity (Wildman–Crippen MR) is 91.6 cm³/mol. The molecule has 27 heavy (non-hydrogen) atoms. The number of nitrogens with zero attached hydrogens (tertiary/aromatic N) is 4. The summed E-state index contributed by atoms with van der Waals surface area (Å²) >= 11 is 0. The number of fused-ring (bicyclic) bond motifs is 1. The van der Waals surface area contributed by atoms with Crippen LogP contribution >= 0.6 is 0 Å². The summed E-state index contributed by atoms with van der Waals surface area (Å²) in [5.41, 5.74) is 5.22. The van der Waals surface area contributed by atoms with E-state index in [1.54, 1.807) is 6.92 Å². The molecule has 0 bridgehead atoms. The van der Waals surface area contributed by atoms with Gasteiger partial charge < -0.3 is 5.73 Å². The maximum atomic E-state index is 13.8. The molecule has 0 spiro atoms. The van der Waals surface area contributed by atoms with Crippen molar-refractivity contribution in [3.8, 4) is 6.07 Å². The number of carbonyl (C=O) groups excluding carboxylic acids is 1. The first-order chi connectivity index (χ1) is 12.8. The summed E-state index contributed by atoms with van der Waals surface area (Å²) < 4.78 is 28.7. The van der Waals surface area contributed by atoms with Crippen LogP contribution in [-0.2, 0) is 11.2 Å². The minimum atomic E-state index is -1.11. The Morgan fingerprint density at radius 1 is 1.26 bits per heavy atom. The third-order valence-electron chi connectivity index (χ3n) is 4.12. The molecule has 0 saturated heterocycles. The van der Waals surface area contributed by atoms with Crippen molar-refractivity contribution in [2.24, 2.45) is 5.73 Å². The van der Waals surface area contributed by atoms with E-state index >= 15 is 0 Å². The van der Waals surface area contributed by atoms with Gasteiger partial charge in [-0.25, -0.2) is 13.8 Å². The molecule has 2 aromatic heterocycles. The van der Waals surface area contributed by atoms with Gasteiger partial charge in [-0.05, 0) is 19.1 Å². The summed E-state index contributed by atoms with van der Waals surface area (Å²) in [6, 6.07) is 4.28. The van der Waals surface area contributed by atoms with E-state index in [4.69, 9.17) is 11.0 Å². The molecule has 1 aromatic carbocycles. The number of halogens is 2. The Morgan fingerprint density at radius 3 is 2.56 bits per heavy atom. The standard InChI is InChI=1S/C18H13F2N5O2/c1-9(15-8-23-12(6-21)7-24-15)25-16-5-14(20)13(19)3-10(16)2-11(18(25)27)4-17(22)26/h2-3,5,7-9H,4H2,1H3,(H2,22,26)/t9-/m0/s1. The highest BCUT2D eigenvalue weighted by Crippen LogP contribution is 2.23. The number of pyridine rings is 1. The number of hydrogen-bond donors (Lipinski definition) is 1. The molecule has 0 aliphatic heterocycles. The molecule has 3 rings (SSSR count). The molecule has 2 N–H and O–H groups in total. The van der Waals surface area contributed by atoms with E-state index in [-0.39, 0.29) is 28.6 Å². The van der Waals surface area contributed by atoms with E-state index in [0.717, 1.165) is 12.1 Å². The smallest absolute Gasteiger partial charge is 0.255 e. The molecule has 1 amide bonds. The fraction of sp³-hybridized carbons (Fsp3) is 0.167. The van der Waals surface area contributed by atoms with Gasteiger partial charge in [0.2, 0.25) is 5.91 Å². The van der Waals surface area contributed by atoms with Gasteiger partial charge in [0.1, 0.15) is 6.07 Å². The van der Waals surface area contributed by atoms with Crippen LogP contribution in [0.3, 0.4) is 0 Å². The lowest BCUT2D eigenvalue weighted by Crippen LogP contribution is -2.30.